The first-order valence-corrected chi connectivity index (χ1v) is 7.15. The monoisotopic (exact) mass is 246 g/mol. The summed E-state index contributed by atoms with van der Waals surface area (Å²) in [4.78, 5) is 5.87. The Morgan fingerprint density at radius 2 is 2.00 bits per heavy atom. The first kappa shape index (κ1) is 12.0. The van der Waals surface area contributed by atoms with E-state index in [0.29, 0.717) is 6.61 Å². The first-order chi connectivity index (χ1) is 8.92. The fourth-order valence-electron chi connectivity index (χ4n) is 2.76. The lowest BCUT2D eigenvalue weighted by atomic mass is 10.0. The van der Waals surface area contributed by atoms with Crippen molar-refractivity contribution >= 4 is 5.69 Å². The highest BCUT2D eigenvalue weighted by atomic mass is 16.7. The van der Waals surface area contributed by atoms with Crippen LogP contribution in [0.15, 0.2) is 18.2 Å². The van der Waals surface area contributed by atoms with Crippen molar-refractivity contribution in [1.29, 1.82) is 0 Å². The van der Waals surface area contributed by atoms with Crippen LogP contribution in [0, 0.1) is 0 Å². The van der Waals surface area contributed by atoms with Gasteiger partial charge in [0.05, 0.1) is 6.61 Å². The van der Waals surface area contributed by atoms with Gasteiger partial charge < -0.3 is 5.32 Å². The number of aryl methyl sites for hydroxylation is 1. The molecule has 0 bridgehead atoms. The van der Waals surface area contributed by atoms with Crippen LogP contribution in [-0.4, -0.2) is 24.7 Å². The molecule has 0 radical (unpaired) electrons. The van der Waals surface area contributed by atoms with Crippen molar-refractivity contribution in [2.24, 2.45) is 0 Å². The average molecular weight is 246 g/mol. The molecule has 1 saturated heterocycles. The van der Waals surface area contributed by atoms with Crippen LogP contribution >= 0.6 is 0 Å². The zero-order chi connectivity index (χ0) is 12.2. The van der Waals surface area contributed by atoms with Crippen LogP contribution in [0.4, 0.5) is 5.69 Å². The zero-order valence-corrected chi connectivity index (χ0v) is 11.0. The summed E-state index contributed by atoms with van der Waals surface area (Å²) in [5.41, 5.74) is 4.03. The second kappa shape index (κ2) is 5.72. The summed E-state index contributed by atoms with van der Waals surface area (Å²) in [7, 11) is 0. The number of anilines is 1. The maximum atomic E-state index is 5.87. The Hall–Kier alpha value is -1.06. The average Bonchev–Trinajstić information content (AvgIpc) is 2.46. The molecule has 0 spiro atoms. The van der Waals surface area contributed by atoms with E-state index >= 15 is 0 Å². The molecule has 2 aliphatic heterocycles. The van der Waals surface area contributed by atoms with E-state index in [1.165, 1.54) is 48.9 Å². The molecule has 3 heteroatoms. The number of nitrogens with one attached hydrogen (secondary N) is 1. The van der Waals surface area contributed by atoms with E-state index in [1.807, 2.05) is 0 Å². The fourth-order valence-corrected chi connectivity index (χ4v) is 2.76. The van der Waals surface area contributed by atoms with Gasteiger partial charge in [0, 0.05) is 25.3 Å². The molecular formula is C15H22N2O. The third-order valence-electron chi connectivity index (χ3n) is 3.84. The standard InChI is InChI=1S/C15H22N2O/c1-2-9-17(10-3-1)18-12-13-6-7-14-5-4-8-16-15(14)11-13/h6-7,11,16H,1-5,8-10,12H2. The lowest BCUT2D eigenvalue weighted by molar-refractivity contribution is -0.178. The smallest absolute Gasteiger partial charge is 0.0936 e. The molecule has 0 aromatic heterocycles. The maximum Gasteiger partial charge on any atom is 0.0936 e. The van der Waals surface area contributed by atoms with E-state index in [4.69, 9.17) is 4.84 Å². The summed E-state index contributed by atoms with van der Waals surface area (Å²) < 4.78 is 0. The normalized spacial score (nSPS) is 20.2. The van der Waals surface area contributed by atoms with Gasteiger partial charge in [-0.1, -0.05) is 18.6 Å². The van der Waals surface area contributed by atoms with Crippen molar-refractivity contribution in [2.75, 3.05) is 25.0 Å². The summed E-state index contributed by atoms with van der Waals surface area (Å²) in [5, 5.41) is 5.59. The molecule has 0 amide bonds. The van der Waals surface area contributed by atoms with Crippen molar-refractivity contribution in [2.45, 2.75) is 38.7 Å². The van der Waals surface area contributed by atoms with E-state index in [0.717, 1.165) is 19.6 Å². The number of piperidine rings is 1. The highest BCUT2D eigenvalue weighted by Gasteiger charge is 2.12. The summed E-state index contributed by atoms with van der Waals surface area (Å²) >= 11 is 0. The highest BCUT2D eigenvalue weighted by Crippen LogP contribution is 2.23. The number of rotatable bonds is 3. The largest absolute Gasteiger partial charge is 0.385 e. The van der Waals surface area contributed by atoms with Gasteiger partial charge in [-0.25, -0.2) is 0 Å². The Morgan fingerprint density at radius 1 is 1.11 bits per heavy atom. The van der Waals surface area contributed by atoms with Crippen molar-refractivity contribution in [3.05, 3.63) is 29.3 Å². The van der Waals surface area contributed by atoms with Gasteiger partial charge in [-0.05, 0) is 42.9 Å². The van der Waals surface area contributed by atoms with Gasteiger partial charge in [-0.3, -0.25) is 4.84 Å². The summed E-state index contributed by atoms with van der Waals surface area (Å²) in [6.07, 6.45) is 6.34. The predicted octanol–water partition coefficient (Wildman–Crippen LogP) is 2.96. The third-order valence-corrected chi connectivity index (χ3v) is 3.84. The van der Waals surface area contributed by atoms with E-state index in [-0.39, 0.29) is 0 Å². The SMILES string of the molecule is c1cc2c(cc1CON1CCCCC1)NCCC2. The van der Waals surface area contributed by atoms with Crippen LogP contribution in [0.5, 0.6) is 0 Å². The zero-order valence-electron chi connectivity index (χ0n) is 11.0. The molecule has 2 aliphatic rings. The molecule has 3 rings (SSSR count). The third kappa shape index (κ3) is 2.85. The van der Waals surface area contributed by atoms with Crippen LogP contribution in [0.1, 0.15) is 36.8 Å². The van der Waals surface area contributed by atoms with Gasteiger partial charge in [0.1, 0.15) is 0 Å². The Morgan fingerprint density at radius 3 is 2.89 bits per heavy atom. The Labute approximate surface area is 109 Å². The summed E-state index contributed by atoms with van der Waals surface area (Å²) in [6.45, 7) is 3.98. The van der Waals surface area contributed by atoms with Crippen molar-refractivity contribution < 1.29 is 4.84 Å². The van der Waals surface area contributed by atoms with Gasteiger partial charge in [-0.15, -0.1) is 0 Å². The Balaban J connectivity index is 1.58. The van der Waals surface area contributed by atoms with Gasteiger partial charge in [0.2, 0.25) is 0 Å². The number of hydrogen-bond donors (Lipinski definition) is 1. The highest BCUT2D eigenvalue weighted by molar-refractivity contribution is 5.54. The molecule has 1 fully saturated rings. The van der Waals surface area contributed by atoms with Crippen LogP contribution in [-0.2, 0) is 17.9 Å². The molecule has 1 N–H and O–H groups in total. The minimum atomic E-state index is 0.703. The van der Waals surface area contributed by atoms with Crippen LogP contribution in [0.25, 0.3) is 0 Å². The second-order valence-corrected chi connectivity index (χ2v) is 5.28. The van der Waals surface area contributed by atoms with E-state index in [1.54, 1.807) is 0 Å². The van der Waals surface area contributed by atoms with E-state index in [9.17, 15) is 0 Å². The fraction of sp³-hybridized carbons (Fsp3) is 0.600. The van der Waals surface area contributed by atoms with Crippen LogP contribution < -0.4 is 5.32 Å². The first-order valence-electron chi connectivity index (χ1n) is 7.15. The number of fused-ring (bicyclic) bond motifs is 1. The molecule has 1 aromatic rings. The number of benzene rings is 1. The molecular weight excluding hydrogens is 224 g/mol. The molecule has 98 valence electrons. The molecule has 0 aliphatic carbocycles. The molecule has 3 nitrogen and oxygen atoms in total. The Kier molecular flexibility index (Phi) is 3.81. The molecule has 1 aromatic carbocycles. The summed E-state index contributed by atoms with van der Waals surface area (Å²) in [6, 6.07) is 6.70. The minimum absolute atomic E-state index is 0.703. The molecule has 18 heavy (non-hydrogen) atoms. The number of hydroxylamine groups is 2. The van der Waals surface area contributed by atoms with Gasteiger partial charge in [0.25, 0.3) is 0 Å². The topological polar surface area (TPSA) is 24.5 Å². The summed E-state index contributed by atoms with van der Waals surface area (Å²) in [5.74, 6) is 0. The quantitative estimate of drug-likeness (QED) is 0.887. The van der Waals surface area contributed by atoms with Crippen LogP contribution in [0.3, 0.4) is 0 Å². The molecule has 2 heterocycles. The van der Waals surface area contributed by atoms with Gasteiger partial charge in [-0.2, -0.15) is 5.06 Å². The van der Waals surface area contributed by atoms with E-state index < -0.39 is 0 Å². The number of hydrogen-bond acceptors (Lipinski definition) is 3. The maximum absolute atomic E-state index is 5.87. The lowest BCUT2D eigenvalue weighted by Crippen LogP contribution is -2.29. The van der Waals surface area contributed by atoms with Crippen molar-refractivity contribution in [3.8, 4) is 0 Å². The Bertz CT molecular complexity index is 399. The van der Waals surface area contributed by atoms with Gasteiger partial charge in [0.15, 0.2) is 0 Å². The molecule has 0 atom stereocenters. The van der Waals surface area contributed by atoms with Crippen molar-refractivity contribution in [3.63, 3.8) is 0 Å². The molecule has 0 saturated carbocycles. The van der Waals surface area contributed by atoms with Crippen LogP contribution in [0.2, 0.25) is 0 Å². The van der Waals surface area contributed by atoms with Crippen molar-refractivity contribution in [1.82, 2.24) is 5.06 Å². The molecule has 0 unspecified atom stereocenters. The minimum Gasteiger partial charge on any atom is -0.385 e. The predicted molar refractivity (Wildman–Crippen MR) is 73.5 cm³/mol. The van der Waals surface area contributed by atoms with Gasteiger partial charge >= 0.3 is 0 Å². The number of nitrogens with zero attached hydrogens (tertiary/aromatic N) is 1. The van der Waals surface area contributed by atoms with E-state index in [2.05, 4.69) is 28.6 Å². The second-order valence-electron chi connectivity index (χ2n) is 5.28. The lowest BCUT2D eigenvalue weighted by Gasteiger charge is -2.26.